The Morgan fingerprint density at radius 1 is 1.14 bits per heavy atom. The summed E-state index contributed by atoms with van der Waals surface area (Å²) < 4.78 is 5.72. The number of hydrogen-bond donors (Lipinski definition) is 1. The van der Waals surface area contributed by atoms with E-state index in [4.69, 9.17) is 4.74 Å². The van der Waals surface area contributed by atoms with E-state index < -0.39 is 0 Å². The molecule has 3 aromatic rings. The van der Waals surface area contributed by atoms with Crippen LogP contribution in [0.4, 0.5) is 0 Å². The van der Waals surface area contributed by atoms with Gasteiger partial charge >= 0.3 is 0 Å². The Balaban J connectivity index is 1.24. The van der Waals surface area contributed by atoms with E-state index in [1.54, 1.807) is 6.20 Å². The van der Waals surface area contributed by atoms with Gasteiger partial charge in [-0.25, -0.2) is 0 Å². The molecule has 1 aromatic heterocycles. The Morgan fingerprint density at radius 3 is 2.86 bits per heavy atom. The molecule has 1 N–H and O–H groups in total. The summed E-state index contributed by atoms with van der Waals surface area (Å²) in [4.78, 5) is 17.3. The normalized spacial score (nSPS) is 18.1. The van der Waals surface area contributed by atoms with Gasteiger partial charge in [0, 0.05) is 49.6 Å². The van der Waals surface area contributed by atoms with Gasteiger partial charge < -0.3 is 9.64 Å². The molecule has 1 unspecified atom stereocenters. The minimum atomic E-state index is 0.0923. The standard InChI is InChI=1S/C22H24N4O2/c1-15(17-3-2-16-6-11-28-21(16)13-17)25-7-9-26(10-8-25)22(27)18-4-5-19-14-23-24-20(19)12-18/h2-5,12-15H,6-11H2,1H3,(H,23,24). The first-order chi connectivity index (χ1) is 13.7. The number of amides is 1. The number of nitrogens with zero attached hydrogens (tertiary/aromatic N) is 3. The lowest BCUT2D eigenvalue weighted by Gasteiger charge is -2.38. The van der Waals surface area contributed by atoms with E-state index in [1.165, 1.54) is 11.1 Å². The molecule has 2 aromatic carbocycles. The molecule has 2 aliphatic rings. The summed E-state index contributed by atoms with van der Waals surface area (Å²) in [6.07, 6.45) is 2.78. The van der Waals surface area contributed by atoms with Crippen LogP contribution in [0.2, 0.25) is 0 Å². The molecule has 28 heavy (non-hydrogen) atoms. The molecule has 0 aliphatic carbocycles. The molecule has 1 saturated heterocycles. The first-order valence-electron chi connectivity index (χ1n) is 9.91. The van der Waals surface area contributed by atoms with Gasteiger partial charge in [0.2, 0.25) is 0 Å². The zero-order chi connectivity index (χ0) is 19.1. The van der Waals surface area contributed by atoms with Crippen molar-refractivity contribution in [2.75, 3.05) is 32.8 Å². The van der Waals surface area contributed by atoms with E-state index >= 15 is 0 Å². The molecular formula is C22H24N4O2. The number of aromatic nitrogens is 2. The van der Waals surface area contributed by atoms with E-state index in [1.807, 2.05) is 23.1 Å². The Bertz CT molecular complexity index is 1020. The minimum Gasteiger partial charge on any atom is -0.493 e. The van der Waals surface area contributed by atoms with Crippen molar-refractivity contribution in [2.24, 2.45) is 0 Å². The number of hydrogen-bond acceptors (Lipinski definition) is 4. The number of nitrogens with one attached hydrogen (secondary N) is 1. The van der Waals surface area contributed by atoms with Gasteiger partial charge in [-0.05, 0) is 36.2 Å². The van der Waals surface area contributed by atoms with Crippen molar-refractivity contribution in [3.63, 3.8) is 0 Å². The number of aromatic amines is 1. The third kappa shape index (κ3) is 3.03. The highest BCUT2D eigenvalue weighted by Crippen LogP contribution is 2.31. The van der Waals surface area contributed by atoms with Gasteiger partial charge in [0.1, 0.15) is 5.75 Å². The summed E-state index contributed by atoms with van der Waals surface area (Å²) in [7, 11) is 0. The lowest BCUT2D eigenvalue weighted by atomic mass is 10.0. The van der Waals surface area contributed by atoms with E-state index in [-0.39, 0.29) is 5.91 Å². The van der Waals surface area contributed by atoms with Gasteiger partial charge in [-0.15, -0.1) is 0 Å². The summed E-state index contributed by atoms with van der Waals surface area (Å²) in [5.41, 5.74) is 4.21. The predicted molar refractivity (Wildman–Crippen MR) is 108 cm³/mol. The number of rotatable bonds is 3. The number of piperazine rings is 1. The molecule has 3 heterocycles. The lowest BCUT2D eigenvalue weighted by Crippen LogP contribution is -2.49. The van der Waals surface area contributed by atoms with E-state index in [0.717, 1.165) is 55.9 Å². The Kier molecular flexibility index (Phi) is 4.28. The quantitative estimate of drug-likeness (QED) is 0.763. The highest BCUT2D eigenvalue weighted by Gasteiger charge is 2.26. The van der Waals surface area contributed by atoms with Crippen molar-refractivity contribution in [3.8, 4) is 5.75 Å². The number of carbonyl (C=O) groups is 1. The number of carbonyl (C=O) groups excluding carboxylic acids is 1. The average molecular weight is 376 g/mol. The molecule has 6 nitrogen and oxygen atoms in total. The number of H-pyrrole nitrogens is 1. The number of fused-ring (bicyclic) bond motifs is 2. The SMILES string of the molecule is CC(c1ccc2c(c1)OCC2)N1CCN(C(=O)c2ccc3cn[nH]c3c2)CC1. The monoisotopic (exact) mass is 376 g/mol. The van der Waals surface area contributed by atoms with Crippen LogP contribution in [0, 0.1) is 0 Å². The maximum atomic E-state index is 12.9. The molecule has 0 bridgehead atoms. The van der Waals surface area contributed by atoms with E-state index in [2.05, 4.69) is 40.2 Å². The van der Waals surface area contributed by atoms with Gasteiger partial charge in [0.15, 0.2) is 0 Å². The lowest BCUT2D eigenvalue weighted by molar-refractivity contribution is 0.0582. The Morgan fingerprint density at radius 2 is 2.00 bits per heavy atom. The second-order valence-corrected chi connectivity index (χ2v) is 7.64. The highest BCUT2D eigenvalue weighted by atomic mass is 16.5. The van der Waals surface area contributed by atoms with Crippen molar-refractivity contribution < 1.29 is 9.53 Å². The largest absolute Gasteiger partial charge is 0.493 e. The van der Waals surface area contributed by atoms with Crippen molar-refractivity contribution >= 4 is 16.8 Å². The first kappa shape index (κ1) is 17.3. The van der Waals surface area contributed by atoms with Crippen LogP contribution in [0.3, 0.4) is 0 Å². The smallest absolute Gasteiger partial charge is 0.254 e. The summed E-state index contributed by atoms with van der Waals surface area (Å²) in [5.74, 6) is 1.13. The first-order valence-corrected chi connectivity index (χ1v) is 9.91. The average Bonchev–Trinajstić information content (AvgIpc) is 3.40. The van der Waals surface area contributed by atoms with Crippen LogP contribution >= 0.6 is 0 Å². The van der Waals surface area contributed by atoms with Gasteiger partial charge in [-0.1, -0.05) is 18.2 Å². The summed E-state index contributed by atoms with van der Waals surface area (Å²) >= 11 is 0. The molecule has 0 saturated carbocycles. The maximum absolute atomic E-state index is 12.9. The second-order valence-electron chi connectivity index (χ2n) is 7.64. The van der Waals surface area contributed by atoms with Crippen LogP contribution < -0.4 is 4.74 Å². The highest BCUT2D eigenvalue weighted by molar-refractivity contribution is 5.97. The summed E-state index contributed by atoms with van der Waals surface area (Å²) in [5, 5.41) is 7.99. The van der Waals surface area contributed by atoms with Crippen molar-refractivity contribution in [3.05, 3.63) is 59.3 Å². The predicted octanol–water partition coefficient (Wildman–Crippen LogP) is 3.02. The maximum Gasteiger partial charge on any atom is 0.254 e. The number of benzene rings is 2. The Labute approximate surface area is 164 Å². The van der Waals surface area contributed by atoms with Crippen molar-refractivity contribution in [1.82, 2.24) is 20.0 Å². The zero-order valence-electron chi connectivity index (χ0n) is 16.0. The van der Waals surface area contributed by atoms with Gasteiger partial charge in [-0.2, -0.15) is 5.10 Å². The Hall–Kier alpha value is -2.86. The molecule has 1 fully saturated rings. The van der Waals surface area contributed by atoms with E-state index in [0.29, 0.717) is 11.6 Å². The van der Waals surface area contributed by atoms with Gasteiger partial charge in [0.25, 0.3) is 5.91 Å². The molecule has 0 spiro atoms. The fourth-order valence-corrected chi connectivity index (χ4v) is 4.22. The van der Waals surface area contributed by atoms with Gasteiger partial charge in [-0.3, -0.25) is 14.8 Å². The van der Waals surface area contributed by atoms with Crippen molar-refractivity contribution in [1.29, 1.82) is 0 Å². The molecule has 0 radical (unpaired) electrons. The summed E-state index contributed by atoms with van der Waals surface area (Å²) in [6.45, 7) is 6.25. The second kappa shape index (κ2) is 6.95. The number of ether oxygens (including phenoxy) is 1. The van der Waals surface area contributed by atoms with Crippen LogP contribution in [-0.4, -0.2) is 58.7 Å². The molecule has 6 heteroatoms. The summed E-state index contributed by atoms with van der Waals surface area (Å²) in [6, 6.07) is 12.6. The molecule has 144 valence electrons. The van der Waals surface area contributed by atoms with Crippen LogP contribution in [0.25, 0.3) is 10.9 Å². The minimum absolute atomic E-state index is 0.0923. The van der Waals surface area contributed by atoms with Crippen LogP contribution in [0.15, 0.2) is 42.6 Å². The van der Waals surface area contributed by atoms with Gasteiger partial charge in [0.05, 0.1) is 18.3 Å². The third-order valence-corrected chi connectivity index (χ3v) is 6.04. The molecule has 2 aliphatic heterocycles. The molecule has 1 amide bonds. The van der Waals surface area contributed by atoms with Crippen LogP contribution in [0.5, 0.6) is 5.75 Å². The third-order valence-electron chi connectivity index (χ3n) is 6.04. The van der Waals surface area contributed by atoms with Crippen molar-refractivity contribution in [2.45, 2.75) is 19.4 Å². The zero-order valence-corrected chi connectivity index (χ0v) is 16.0. The molecule has 1 atom stereocenters. The topological polar surface area (TPSA) is 61.5 Å². The fraction of sp³-hybridized carbons (Fsp3) is 0.364. The van der Waals surface area contributed by atoms with Crippen LogP contribution in [-0.2, 0) is 6.42 Å². The van der Waals surface area contributed by atoms with E-state index in [9.17, 15) is 4.79 Å². The fourth-order valence-electron chi connectivity index (χ4n) is 4.22. The molecule has 5 rings (SSSR count). The van der Waals surface area contributed by atoms with Crippen LogP contribution in [0.1, 0.15) is 34.5 Å². The molecular weight excluding hydrogens is 352 g/mol.